The van der Waals surface area contributed by atoms with Gasteiger partial charge in [0.25, 0.3) is 0 Å². The molecule has 0 aliphatic heterocycles. The minimum absolute atomic E-state index is 0.00815. The van der Waals surface area contributed by atoms with Gasteiger partial charge in [-0.2, -0.15) is 0 Å². The van der Waals surface area contributed by atoms with Crippen molar-refractivity contribution < 1.29 is 9.59 Å². The topological polar surface area (TPSA) is 58.2 Å². The van der Waals surface area contributed by atoms with Crippen LogP contribution < -0.4 is 10.6 Å². The van der Waals surface area contributed by atoms with Gasteiger partial charge in [-0.05, 0) is 42.5 Å². The smallest absolute Gasteiger partial charge is 0.239 e. The van der Waals surface area contributed by atoms with Gasteiger partial charge in [0.05, 0.1) is 12.5 Å². The molecule has 3 rings (SSSR count). The highest BCUT2D eigenvalue weighted by atomic mass is 35.5. The maximum atomic E-state index is 12.7. The van der Waals surface area contributed by atoms with Crippen LogP contribution in [0.5, 0.6) is 0 Å². The molecule has 0 heterocycles. The van der Waals surface area contributed by atoms with Crippen LogP contribution in [0.4, 0.5) is 0 Å². The van der Waals surface area contributed by atoms with Crippen molar-refractivity contribution in [3.8, 4) is 0 Å². The molecule has 1 unspecified atom stereocenters. The highest BCUT2D eigenvalue weighted by Crippen LogP contribution is 2.23. The van der Waals surface area contributed by atoms with Gasteiger partial charge in [-0.25, -0.2) is 0 Å². The Morgan fingerprint density at radius 1 is 1.04 bits per heavy atom. The molecule has 1 atom stereocenters. The fourth-order valence-corrected chi connectivity index (χ4v) is 2.83. The van der Waals surface area contributed by atoms with E-state index in [0.717, 1.165) is 24.0 Å². The third kappa shape index (κ3) is 5.33. The fourth-order valence-electron chi connectivity index (χ4n) is 2.70. The average molecular weight is 357 g/mol. The number of carbonyl (C=O) groups is 2. The average Bonchev–Trinajstić information content (AvgIpc) is 3.43. The zero-order valence-electron chi connectivity index (χ0n) is 13.9. The van der Waals surface area contributed by atoms with E-state index in [1.54, 1.807) is 12.1 Å². The van der Waals surface area contributed by atoms with E-state index in [1.165, 1.54) is 0 Å². The first-order chi connectivity index (χ1) is 12.1. The van der Waals surface area contributed by atoms with Crippen molar-refractivity contribution in [2.75, 3.05) is 6.54 Å². The Morgan fingerprint density at radius 3 is 2.36 bits per heavy atom. The third-order valence-electron chi connectivity index (χ3n) is 4.24. The molecule has 1 saturated carbocycles. The Kier molecular flexibility index (Phi) is 5.71. The number of carbonyl (C=O) groups excluding carboxylic acids is 2. The van der Waals surface area contributed by atoms with Gasteiger partial charge in [0, 0.05) is 11.1 Å². The summed E-state index contributed by atoms with van der Waals surface area (Å²) in [5.41, 5.74) is 1.95. The highest BCUT2D eigenvalue weighted by molar-refractivity contribution is 6.30. The Hall–Kier alpha value is -2.33. The zero-order chi connectivity index (χ0) is 17.6. The van der Waals surface area contributed by atoms with Gasteiger partial charge in [-0.15, -0.1) is 0 Å². The van der Waals surface area contributed by atoms with Crippen LogP contribution in [0.15, 0.2) is 54.6 Å². The van der Waals surface area contributed by atoms with Crippen molar-refractivity contribution >= 4 is 23.4 Å². The first-order valence-electron chi connectivity index (χ1n) is 8.48. The fraction of sp³-hybridized carbons (Fsp3) is 0.300. The molecule has 25 heavy (non-hydrogen) atoms. The predicted molar refractivity (Wildman–Crippen MR) is 98.5 cm³/mol. The lowest BCUT2D eigenvalue weighted by molar-refractivity contribution is -0.127. The maximum absolute atomic E-state index is 12.7. The lowest BCUT2D eigenvalue weighted by atomic mass is 9.91. The van der Waals surface area contributed by atoms with E-state index in [0.29, 0.717) is 17.5 Å². The lowest BCUT2D eigenvalue weighted by Gasteiger charge is -2.17. The molecule has 2 amide bonds. The number of halogens is 1. The van der Waals surface area contributed by atoms with Gasteiger partial charge in [0.2, 0.25) is 11.8 Å². The number of hydrogen-bond acceptors (Lipinski definition) is 2. The summed E-state index contributed by atoms with van der Waals surface area (Å²) in [4.78, 5) is 24.5. The molecule has 2 aromatic rings. The second-order valence-corrected chi connectivity index (χ2v) is 6.79. The summed E-state index contributed by atoms with van der Waals surface area (Å²) in [6, 6.07) is 17.4. The molecule has 130 valence electrons. The Bertz CT molecular complexity index is 727. The van der Waals surface area contributed by atoms with E-state index in [4.69, 9.17) is 11.6 Å². The predicted octanol–water partition coefficient (Wildman–Crippen LogP) is 3.06. The van der Waals surface area contributed by atoms with E-state index in [1.807, 2.05) is 42.5 Å². The van der Waals surface area contributed by atoms with Gasteiger partial charge >= 0.3 is 0 Å². The van der Waals surface area contributed by atoms with E-state index in [9.17, 15) is 9.59 Å². The molecule has 1 aliphatic rings. The summed E-state index contributed by atoms with van der Waals surface area (Å²) in [6.07, 6.45) is 2.63. The number of amides is 2. The summed E-state index contributed by atoms with van der Waals surface area (Å²) in [5.74, 6) is -0.657. The Labute approximate surface area is 152 Å². The summed E-state index contributed by atoms with van der Waals surface area (Å²) >= 11 is 5.96. The quantitative estimate of drug-likeness (QED) is 0.801. The Balaban J connectivity index is 1.69. The van der Waals surface area contributed by atoms with Crippen molar-refractivity contribution in [1.82, 2.24) is 10.6 Å². The van der Waals surface area contributed by atoms with Gasteiger partial charge in [0.15, 0.2) is 0 Å². The first-order valence-corrected chi connectivity index (χ1v) is 8.86. The van der Waals surface area contributed by atoms with Crippen LogP contribution in [-0.4, -0.2) is 24.4 Å². The maximum Gasteiger partial charge on any atom is 0.239 e. The van der Waals surface area contributed by atoms with Crippen molar-refractivity contribution in [3.05, 3.63) is 70.7 Å². The monoisotopic (exact) mass is 356 g/mol. The van der Waals surface area contributed by atoms with Crippen LogP contribution in [-0.2, 0) is 16.0 Å². The molecule has 5 heteroatoms. The molecule has 0 bridgehead atoms. The molecule has 0 spiro atoms. The minimum atomic E-state index is -0.367. The van der Waals surface area contributed by atoms with Crippen LogP contribution in [0.3, 0.4) is 0 Å². The molecule has 2 aromatic carbocycles. The van der Waals surface area contributed by atoms with Crippen LogP contribution >= 0.6 is 11.6 Å². The minimum Gasteiger partial charge on any atom is -0.352 e. The Morgan fingerprint density at radius 2 is 1.72 bits per heavy atom. The SMILES string of the molecule is O=C(CNC(=O)C(Cc1ccccc1)c1ccc(Cl)cc1)NC1CC1. The van der Waals surface area contributed by atoms with Crippen molar-refractivity contribution in [1.29, 1.82) is 0 Å². The molecular formula is C20H21ClN2O2. The van der Waals surface area contributed by atoms with E-state index < -0.39 is 0 Å². The standard InChI is InChI=1S/C20H21ClN2O2/c21-16-8-6-15(7-9-16)18(12-14-4-2-1-3-5-14)20(25)22-13-19(24)23-17-10-11-17/h1-9,17-18H,10-13H2,(H,22,25)(H,23,24). The first kappa shape index (κ1) is 17.5. The molecule has 1 fully saturated rings. The van der Waals surface area contributed by atoms with Gasteiger partial charge in [-0.1, -0.05) is 54.1 Å². The van der Waals surface area contributed by atoms with E-state index in [-0.39, 0.29) is 24.3 Å². The second-order valence-electron chi connectivity index (χ2n) is 6.35. The number of benzene rings is 2. The van der Waals surface area contributed by atoms with Crippen LogP contribution in [0.1, 0.15) is 29.9 Å². The number of nitrogens with one attached hydrogen (secondary N) is 2. The summed E-state index contributed by atoms with van der Waals surface area (Å²) in [7, 11) is 0. The van der Waals surface area contributed by atoms with Gasteiger partial charge in [-0.3, -0.25) is 9.59 Å². The lowest BCUT2D eigenvalue weighted by Crippen LogP contribution is -2.40. The molecule has 1 aliphatic carbocycles. The molecule has 0 saturated heterocycles. The highest BCUT2D eigenvalue weighted by Gasteiger charge is 2.25. The normalized spacial score (nSPS) is 14.6. The second kappa shape index (κ2) is 8.17. The molecule has 4 nitrogen and oxygen atoms in total. The largest absolute Gasteiger partial charge is 0.352 e. The summed E-state index contributed by atoms with van der Waals surface area (Å²) < 4.78 is 0. The molecule has 2 N–H and O–H groups in total. The third-order valence-corrected chi connectivity index (χ3v) is 4.49. The molecule has 0 aromatic heterocycles. The van der Waals surface area contributed by atoms with E-state index in [2.05, 4.69) is 10.6 Å². The zero-order valence-corrected chi connectivity index (χ0v) is 14.6. The molecular weight excluding hydrogens is 336 g/mol. The van der Waals surface area contributed by atoms with Gasteiger partial charge in [0.1, 0.15) is 0 Å². The van der Waals surface area contributed by atoms with Crippen molar-refractivity contribution in [2.24, 2.45) is 0 Å². The van der Waals surface area contributed by atoms with Crippen molar-refractivity contribution in [2.45, 2.75) is 31.2 Å². The number of hydrogen-bond donors (Lipinski definition) is 2. The molecule has 0 radical (unpaired) electrons. The van der Waals surface area contributed by atoms with Crippen LogP contribution in [0.2, 0.25) is 5.02 Å². The van der Waals surface area contributed by atoms with Crippen LogP contribution in [0, 0.1) is 0 Å². The summed E-state index contributed by atoms with van der Waals surface area (Å²) in [6.45, 7) is 0.00815. The van der Waals surface area contributed by atoms with Gasteiger partial charge < -0.3 is 10.6 Å². The summed E-state index contributed by atoms with van der Waals surface area (Å²) in [5, 5.41) is 6.27. The van der Waals surface area contributed by atoms with E-state index >= 15 is 0 Å². The number of rotatable bonds is 7. The van der Waals surface area contributed by atoms with Crippen LogP contribution in [0.25, 0.3) is 0 Å². The van der Waals surface area contributed by atoms with Crippen molar-refractivity contribution in [3.63, 3.8) is 0 Å².